The molecule has 0 aliphatic carbocycles. The van der Waals surface area contributed by atoms with Gasteiger partial charge in [0.1, 0.15) is 15.4 Å². The molecule has 0 aliphatic rings. The standard InChI is InChI=1S/C16H20N2O4S/c1-11(9-10-23(3,20)21)17-16(19)14-12(2)18-22-15(14)13-7-5-4-6-8-13/h4-8,11H,9-10H2,1-3H3,(H,17,19)/t11-/m0/s1. The lowest BCUT2D eigenvalue weighted by molar-refractivity contribution is 0.0939. The quantitative estimate of drug-likeness (QED) is 0.873. The Hall–Kier alpha value is -2.15. The summed E-state index contributed by atoms with van der Waals surface area (Å²) in [6, 6.07) is 8.98. The van der Waals surface area contributed by atoms with Gasteiger partial charge in [0.25, 0.3) is 5.91 Å². The topological polar surface area (TPSA) is 89.3 Å². The van der Waals surface area contributed by atoms with Crippen LogP contribution in [0.5, 0.6) is 0 Å². The molecule has 1 heterocycles. The lowest BCUT2D eigenvalue weighted by Crippen LogP contribution is -2.34. The predicted molar refractivity (Wildman–Crippen MR) is 87.9 cm³/mol. The van der Waals surface area contributed by atoms with Crippen LogP contribution in [0, 0.1) is 6.92 Å². The molecule has 2 rings (SSSR count). The summed E-state index contributed by atoms with van der Waals surface area (Å²) in [4.78, 5) is 12.5. The highest BCUT2D eigenvalue weighted by atomic mass is 32.2. The summed E-state index contributed by atoms with van der Waals surface area (Å²) in [6.07, 6.45) is 1.54. The average Bonchev–Trinajstić information content (AvgIpc) is 2.87. The summed E-state index contributed by atoms with van der Waals surface area (Å²) in [5.41, 5.74) is 1.64. The van der Waals surface area contributed by atoms with Crippen LogP contribution >= 0.6 is 0 Å². The van der Waals surface area contributed by atoms with Crippen molar-refractivity contribution in [1.82, 2.24) is 10.5 Å². The fourth-order valence-electron chi connectivity index (χ4n) is 2.18. The van der Waals surface area contributed by atoms with Crippen LogP contribution in [0.2, 0.25) is 0 Å². The second kappa shape index (κ2) is 6.95. The van der Waals surface area contributed by atoms with Gasteiger partial charge in [0.2, 0.25) is 0 Å². The molecule has 2 aromatic rings. The van der Waals surface area contributed by atoms with Crippen LogP contribution in [0.1, 0.15) is 29.4 Å². The average molecular weight is 336 g/mol. The Balaban J connectivity index is 2.16. The fourth-order valence-corrected chi connectivity index (χ4v) is 2.96. The number of rotatable bonds is 6. The highest BCUT2D eigenvalue weighted by molar-refractivity contribution is 7.90. The molecule has 0 saturated carbocycles. The van der Waals surface area contributed by atoms with Crippen molar-refractivity contribution in [3.8, 4) is 11.3 Å². The van der Waals surface area contributed by atoms with E-state index < -0.39 is 9.84 Å². The summed E-state index contributed by atoms with van der Waals surface area (Å²) in [5.74, 6) is 0.127. The van der Waals surface area contributed by atoms with Crippen LogP contribution in [-0.4, -0.2) is 37.5 Å². The van der Waals surface area contributed by atoms with Crippen LogP contribution in [0.3, 0.4) is 0 Å². The van der Waals surface area contributed by atoms with Crippen LogP contribution in [0.15, 0.2) is 34.9 Å². The van der Waals surface area contributed by atoms with Crippen LogP contribution in [0.25, 0.3) is 11.3 Å². The van der Waals surface area contributed by atoms with Gasteiger partial charge in [-0.2, -0.15) is 0 Å². The van der Waals surface area contributed by atoms with Gasteiger partial charge >= 0.3 is 0 Å². The number of hydrogen-bond donors (Lipinski definition) is 1. The normalized spacial score (nSPS) is 12.8. The van der Waals surface area contributed by atoms with Gasteiger partial charge < -0.3 is 9.84 Å². The van der Waals surface area contributed by atoms with E-state index in [-0.39, 0.29) is 17.7 Å². The SMILES string of the molecule is Cc1noc(-c2ccccc2)c1C(=O)N[C@@H](C)CCS(C)(=O)=O. The van der Waals surface area contributed by atoms with Crippen molar-refractivity contribution in [2.24, 2.45) is 0 Å². The molecular formula is C16H20N2O4S. The number of benzene rings is 1. The van der Waals surface area contributed by atoms with Gasteiger partial charge in [0.05, 0.1) is 11.4 Å². The number of sulfone groups is 1. The lowest BCUT2D eigenvalue weighted by atomic mass is 10.1. The highest BCUT2D eigenvalue weighted by Crippen LogP contribution is 2.26. The molecule has 1 N–H and O–H groups in total. The Morgan fingerprint density at radius 2 is 1.96 bits per heavy atom. The Kier molecular flexibility index (Phi) is 5.20. The third-order valence-electron chi connectivity index (χ3n) is 3.42. The molecule has 23 heavy (non-hydrogen) atoms. The zero-order valence-electron chi connectivity index (χ0n) is 13.4. The molecule has 0 fully saturated rings. The maximum Gasteiger partial charge on any atom is 0.257 e. The van der Waals surface area contributed by atoms with E-state index in [1.54, 1.807) is 13.8 Å². The Morgan fingerprint density at radius 1 is 1.30 bits per heavy atom. The summed E-state index contributed by atoms with van der Waals surface area (Å²) < 4.78 is 27.7. The summed E-state index contributed by atoms with van der Waals surface area (Å²) in [6.45, 7) is 3.47. The molecule has 0 unspecified atom stereocenters. The van der Waals surface area contributed by atoms with Gasteiger partial charge in [-0.1, -0.05) is 35.5 Å². The zero-order chi connectivity index (χ0) is 17.0. The fraction of sp³-hybridized carbons (Fsp3) is 0.375. The van der Waals surface area contributed by atoms with Crippen LogP contribution in [0.4, 0.5) is 0 Å². The minimum absolute atomic E-state index is 0.0304. The number of carbonyl (C=O) groups is 1. The van der Waals surface area contributed by atoms with Crippen molar-refractivity contribution >= 4 is 15.7 Å². The molecule has 0 bridgehead atoms. The minimum Gasteiger partial charge on any atom is -0.355 e. The maximum atomic E-state index is 12.5. The number of amides is 1. The van der Waals surface area contributed by atoms with Gasteiger partial charge in [-0.05, 0) is 20.3 Å². The van der Waals surface area contributed by atoms with Crippen molar-refractivity contribution < 1.29 is 17.7 Å². The zero-order valence-corrected chi connectivity index (χ0v) is 14.2. The van der Waals surface area contributed by atoms with Gasteiger partial charge in [-0.15, -0.1) is 0 Å². The number of nitrogens with zero attached hydrogens (tertiary/aromatic N) is 1. The van der Waals surface area contributed by atoms with E-state index in [0.717, 1.165) is 5.56 Å². The first kappa shape index (κ1) is 17.2. The molecule has 0 spiro atoms. The van der Waals surface area contributed by atoms with Crippen molar-refractivity contribution in [3.63, 3.8) is 0 Å². The second-order valence-corrected chi connectivity index (χ2v) is 7.89. The first-order chi connectivity index (χ1) is 10.8. The molecule has 1 atom stereocenters. The van der Waals surface area contributed by atoms with Gasteiger partial charge in [-0.3, -0.25) is 4.79 Å². The van der Waals surface area contributed by atoms with Gasteiger partial charge in [-0.25, -0.2) is 8.42 Å². The van der Waals surface area contributed by atoms with Gasteiger partial charge in [0, 0.05) is 17.9 Å². The van der Waals surface area contributed by atoms with Crippen molar-refractivity contribution in [2.45, 2.75) is 26.3 Å². The van der Waals surface area contributed by atoms with E-state index >= 15 is 0 Å². The molecular weight excluding hydrogens is 316 g/mol. The molecule has 7 heteroatoms. The van der Waals surface area contributed by atoms with E-state index in [2.05, 4.69) is 10.5 Å². The third kappa shape index (κ3) is 4.66. The number of aryl methyl sites for hydroxylation is 1. The lowest BCUT2D eigenvalue weighted by Gasteiger charge is -2.13. The van der Waals surface area contributed by atoms with E-state index in [1.807, 2.05) is 30.3 Å². The maximum absolute atomic E-state index is 12.5. The van der Waals surface area contributed by atoms with Crippen LogP contribution in [-0.2, 0) is 9.84 Å². The van der Waals surface area contributed by atoms with Crippen LogP contribution < -0.4 is 5.32 Å². The van der Waals surface area contributed by atoms with E-state index in [4.69, 9.17) is 4.52 Å². The Labute approximate surface area is 135 Å². The third-order valence-corrected chi connectivity index (χ3v) is 4.40. The Bertz CT molecular complexity index is 782. The molecule has 0 aliphatic heterocycles. The monoisotopic (exact) mass is 336 g/mol. The predicted octanol–water partition coefficient (Wildman–Crippen LogP) is 2.20. The van der Waals surface area contributed by atoms with E-state index in [9.17, 15) is 13.2 Å². The molecule has 0 radical (unpaired) electrons. The molecule has 1 amide bonds. The number of hydrogen-bond acceptors (Lipinski definition) is 5. The smallest absolute Gasteiger partial charge is 0.257 e. The summed E-state index contributed by atoms with van der Waals surface area (Å²) in [7, 11) is -3.05. The van der Waals surface area contributed by atoms with Crippen molar-refractivity contribution in [2.75, 3.05) is 12.0 Å². The van der Waals surface area contributed by atoms with E-state index in [1.165, 1.54) is 6.26 Å². The second-order valence-electron chi connectivity index (χ2n) is 5.63. The van der Waals surface area contributed by atoms with Gasteiger partial charge in [0.15, 0.2) is 5.76 Å². The largest absolute Gasteiger partial charge is 0.355 e. The number of carbonyl (C=O) groups excluding carboxylic acids is 1. The molecule has 0 saturated heterocycles. The molecule has 1 aromatic heterocycles. The van der Waals surface area contributed by atoms with Crippen molar-refractivity contribution in [1.29, 1.82) is 0 Å². The molecule has 6 nitrogen and oxygen atoms in total. The number of nitrogens with one attached hydrogen (secondary N) is 1. The highest BCUT2D eigenvalue weighted by Gasteiger charge is 2.23. The summed E-state index contributed by atoms with van der Waals surface area (Å²) in [5, 5.41) is 6.68. The summed E-state index contributed by atoms with van der Waals surface area (Å²) >= 11 is 0. The molecule has 124 valence electrons. The van der Waals surface area contributed by atoms with Crippen molar-refractivity contribution in [3.05, 3.63) is 41.6 Å². The first-order valence-corrected chi connectivity index (χ1v) is 9.34. The minimum atomic E-state index is -3.05. The Morgan fingerprint density at radius 3 is 2.57 bits per heavy atom. The number of aromatic nitrogens is 1. The van der Waals surface area contributed by atoms with E-state index in [0.29, 0.717) is 23.4 Å². The molecule has 1 aromatic carbocycles. The first-order valence-electron chi connectivity index (χ1n) is 7.28.